The van der Waals surface area contributed by atoms with Crippen molar-refractivity contribution in [1.82, 2.24) is 40.2 Å². The van der Waals surface area contributed by atoms with Crippen molar-refractivity contribution in [2.75, 3.05) is 18.9 Å². The van der Waals surface area contributed by atoms with Gasteiger partial charge in [-0.15, -0.1) is 10.2 Å². The quantitative estimate of drug-likeness (QED) is 0.379. The summed E-state index contributed by atoms with van der Waals surface area (Å²) in [5.41, 5.74) is 4.51. The maximum Gasteiger partial charge on any atom is 0.309 e. The SMILES string of the molecule is CN1CCC(NC(=O)c2nnc(C3CC(F)(F)C3)o2)c2ccc(-c3ccnc(Nc4cnn(C)c4)n3)cc2C1. The summed E-state index contributed by atoms with van der Waals surface area (Å²) < 4.78 is 33.6. The van der Waals surface area contributed by atoms with E-state index in [1.807, 2.05) is 38.5 Å². The Morgan fingerprint density at radius 1 is 1.18 bits per heavy atom. The van der Waals surface area contributed by atoms with Gasteiger partial charge >= 0.3 is 11.8 Å². The molecular weight excluding hydrogens is 508 g/mol. The molecule has 1 unspecified atom stereocenters. The summed E-state index contributed by atoms with van der Waals surface area (Å²) in [4.78, 5) is 24.1. The molecule has 1 fully saturated rings. The third-order valence-electron chi connectivity index (χ3n) is 7.05. The summed E-state index contributed by atoms with van der Waals surface area (Å²) in [6.45, 7) is 1.45. The number of nitrogens with one attached hydrogen (secondary N) is 2. The lowest BCUT2D eigenvalue weighted by Gasteiger charge is -2.32. The molecule has 4 heterocycles. The number of amides is 1. The Labute approximate surface area is 222 Å². The van der Waals surface area contributed by atoms with E-state index in [2.05, 4.69) is 46.9 Å². The van der Waals surface area contributed by atoms with Crippen molar-refractivity contribution in [3.63, 3.8) is 0 Å². The molecule has 4 aromatic rings. The van der Waals surface area contributed by atoms with Crippen LogP contribution in [0.1, 0.15) is 58.9 Å². The van der Waals surface area contributed by atoms with Crippen LogP contribution in [0, 0.1) is 0 Å². The minimum absolute atomic E-state index is 0.0824. The lowest BCUT2D eigenvalue weighted by Crippen LogP contribution is -2.33. The first-order valence-corrected chi connectivity index (χ1v) is 12.6. The van der Waals surface area contributed by atoms with Crippen LogP contribution in [0.15, 0.2) is 47.3 Å². The first kappa shape index (κ1) is 25.0. The van der Waals surface area contributed by atoms with E-state index in [1.54, 1.807) is 17.1 Å². The van der Waals surface area contributed by atoms with Crippen LogP contribution in [0.4, 0.5) is 20.4 Å². The number of fused-ring (bicyclic) bond motifs is 1. The average Bonchev–Trinajstić information content (AvgIpc) is 3.51. The van der Waals surface area contributed by atoms with Gasteiger partial charge in [-0.1, -0.05) is 12.1 Å². The van der Waals surface area contributed by atoms with Gasteiger partial charge < -0.3 is 20.0 Å². The zero-order valence-corrected chi connectivity index (χ0v) is 21.4. The molecular formula is C26H27F2N9O2. The molecule has 1 aliphatic heterocycles. The highest BCUT2D eigenvalue weighted by atomic mass is 19.3. The van der Waals surface area contributed by atoms with Crippen molar-refractivity contribution < 1.29 is 18.0 Å². The molecule has 2 aliphatic rings. The summed E-state index contributed by atoms with van der Waals surface area (Å²) in [7, 11) is 3.86. The number of aromatic nitrogens is 6. The van der Waals surface area contributed by atoms with Crippen molar-refractivity contribution in [2.24, 2.45) is 7.05 Å². The maximum absolute atomic E-state index is 13.2. The van der Waals surface area contributed by atoms with Crippen LogP contribution >= 0.6 is 0 Å². The van der Waals surface area contributed by atoms with E-state index in [4.69, 9.17) is 4.42 Å². The fraction of sp³-hybridized carbons (Fsp3) is 0.385. The smallest absolute Gasteiger partial charge is 0.309 e. The molecule has 1 aromatic carbocycles. The summed E-state index contributed by atoms with van der Waals surface area (Å²) in [6.07, 6.45) is 5.23. The third kappa shape index (κ3) is 5.35. The van der Waals surface area contributed by atoms with E-state index >= 15 is 0 Å². The molecule has 6 rings (SSSR count). The molecule has 0 bridgehead atoms. The highest BCUT2D eigenvalue weighted by molar-refractivity contribution is 5.89. The third-order valence-corrected chi connectivity index (χ3v) is 7.05. The number of nitrogens with zero attached hydrogens (tertiary/aromatic N) is 7. The Bertz CT molecular complexity index is 1510. The zero-order valence-electron chi connectivity index (χ0n) is 21.4. The predicted octanol–water partition coefficient (Wildman–Crippen LogP) is 3.82. The van der Waals surface area contributed by atoms with Crippen molar-refractivity contribution >= 4 is 17.5 Å². The zero-order chi connectivity index (χ0) is 27.1. The van der Waals surface area contributed by atoms with Crippen molar-refractivity contribution in [1.29, 1.82) is 0 Å². The number of benzene rings is 1. The minimum atomic E-state index is -2.71. The fourth-order valence-electron chi connectivity index (χ4n) is 5.01. The monoisotopic (exact) mass is 535 g/mol. The highest BCUT2D eigenvalue weighted by Crippen LogP contribution is 2.47. The molecule has 0 saturated heterocycles. The Kier molecular flexibility index (Phi) is 6.29. The summed E-state index contributed by atoms with van der Waals surface area (Å²) >= 11 is 0. The number of anilines is 2. The number of hydrogen-bond acceptors (Lipinski definition) is 9. The molecule has 1 amide bonds. The molecule has 39 heavy (non-hydrogen) atoms. The second kappa shape index (κ2) is 9.80. The van der Waals surface area contributed by atoms with Crippen LogP contribution in [-0.4, -0.2) is 60.3 Å². The second-order valence-corrected chi connectivity index (χ2v) is 10.2. The molecule has 3 aromatic heterocycles. The van der Waals surface area contributed by atoms with Gasteiger partial charge in [0.1, 0.15) is 0 Å². The summed E-state index contributed by atoms with van der Waals surface area (Å²) in [5, 5.41) is 18.0. The van der Waals surface area contributed by atoms with E-state index < -0.39 is 17.7 Å². The van der Waals surface area contributed by atoms with Gasteiger partial charge in [-0.3, -0.25) is 9.48 Å². The van der Waals surface area contributed by atoms with E-state index in [9.17, 15) is 13.6 Å². The summed E-state index contributed by atoms with van der Waals surface area (Å²) in [5.74, 6) is -3.42. The Morgan fingerprint density at radius 3 is 2.79 bits per heavy atom. The molecule has 13 heteroatoms. The molecule has 202 valence electrons. The van der Waals surface area contributed by atoms with Crippen LogP contribution in [-0.2, 0) is 13.6 Å². The highest BCUT2D eigenvalue weighted by Gasteiger charge is 2.48. The van der Waals surface area contributed by atoms with E-state index in [-0.39, 0.29) is 30.7 Å². The predicted molar refractivity (Wildman–Crippen MR) is 136 cm³/mol. The molecule has 0 radical (unpaired) electrons. The van der Waals surface area contributed by atoms with Gasteiger partial charge in [0.25, 0.3) is 0 Å². The molecule has 1 atom stereocenters. The van der Waals surface area contributed by atoms with E-state index in [1.165, 1.54) is 0 Å². The fourth-order valence-corrected chi connectivity index (χ4v) is 5.01. The number of alkyl halides is 2. The second-order valence-electron chi connectivity index (χ2n) is 10.2. The van der Waals surface area contributed by atoms with Crippen molar-refractivity contribution in [3.05, 3.63) is 65.8 Å². The number of hydrogen-bond donors (Lipinski definition) is 2. The van der Waals surface area contributed by atoms with Gasteiger partial charge in [0.05, 0.1) is 23.6 Å². The van der Waals surface area contributed by atoms with Gasteiger partial charge in [0.15, 0.2) is 0 Å². The molecule has 0 spiro atoms. The standard InChI is InChI=1S/C26H27F2N9O2/c1-36-8-6-21(32-22(38)24-35-34-23(39-24)17-10-26(27,28)11-17)19-4-3-15(9-16(19)13-36)20-5-7-29-25(33-20)31-18-12-30-37(2)14-18/h3-5,7,9,12,14,17,21H,6,8,10-11,13H2,1-2H3,(H,32,38)(H,29,31,33). The van der Waals surface area contributed by atoms with Gasteiger partial charge in [0.2, 0.25) is 17.8 Å². The number of carbonyl (C=O) groups excluding carboxylic acids is 1. The van der Waals surface area contributed by atoms with Crippen LogP contribution in [0.5, 0.6) is 0 Å². The first-order valence-electron chi connectivity index (χ1n) is 12.6. The summed E-state index contributed by atoms with van der Waals surface area (Å²) in [6, 6.07) is 7.61. The van der Waals surface area contributed by atoms with Gasteiger partial charge in [-0.2, -0.15) is 5.10 Å². The molecule has 11 nitrogen and oxygen atoms in total. The number of rotatable bonds is 6. The Balaban J connectivity index is 1.20. The van der Waals surface area contributed by atoms with Gasteiger partial charge in [-0.25, -0.2) is 18.7 Å². The molecule has 1 saturated carbocycles. The largest absolute Gasteiger partial charge is 0.417 e. The first-order chi connectivity index (χ1) is 18.7. The van der Waals surface area contributed by atoms with Crippen LogP contribution in [0.2, 0.25) is 0 Å². The van der Waals surface area contributed by atoms with Crippen LogP contribution < -0.4 is 10.6 Å². The molecule has 1 aliphatic carbocycles. The number of carbonyl (C=O) groups is 1. The van der Waals surface area contributed by atoms with Crippen molar-refractivity contribution in [2.45, 2.75) is 43.7 Å². The number of halogens is 2. The van der Waals surface area contributed by atoms with Gasteiger partial charge in [0, 0.05) is 56.9 Å². The van der Waals surface area contributed by atoms with Gasteiger partial charge in [-0.05, 0) is 36.7 Å². The lowest BCUT2D eigenvalue weighted by molar-refractivity contribution is -0.0918. The Hall–Kier alpha value is -4.26. The van der Waals surface area contributed by atoms with Crippen LogP contribution in [0.3, 0.4) is 0 Å². The maximum atomic E-state index is 13.2. The minimum Gasteiger partial charge on any atom is -0.417 e. The Morgan fingerprint density at radius 2 is 2.03 bits per heavy atom. The average molecular weight is 536 g/mol. The number of aryl methyl sites for hydroxylation is 1. The van der Waals surface area contributed by atoms with Crippen LogP contribution in [0.25, 0.3) is 11.3 Å². The normalized spacial score (nSPS) is 19.1. The topological polar surface area (TPSA) is 127 Å². The molecule has 2 N–H and O–H groups in total. The lowest BCUT2D eigenvalue weighted by atomic mass is 9.81. The van der Waals surface area contributed by atoms with E-state index in [0.717, 1.165) is 34.6 Å². The van der Waals surface area contributed by atoms with E-state index in [0.29, 0.717) is 18.9 Å². The van der Waals surface area contributed by atoms with Crippen molar-refractivity contribution in [3.8, 4) is 11.3 Å².